The van der Waals surface area contributed by atoms with Gasteiger partial charge in [0.25, 0.3) is 0 Å². The van der Waals surface area contributed by atoms with Gasteiger partial charge in [0, 0.05) is 24.3 Å². The van der Waals surface area contributed by atoms with Crippen molar-refractivity contribution in [1.29, 1.82) is 0 Å². The monoisotopic (exact) mass is 285 g/mol. The molecule has 0 amide bonds. The third-order valence-corrected chi connectivity index (χ3v) is 3.75. The molecular formula is C18H27N3. The van der Waals surface area contributed by atoms with Crippen LogP contribution in [0.2, 0.25) is 0 Å². The van der Waals surface area contributed by atoms with Crippen molar-refractivity contribution in [2.75, 3.05) is 6.54 Å². The Morgan fingerprint density at radius 3 is 2.62 bits per heavy atom. The number of aryl methyl sites for hydroxylation is 2. The van der Waals surface area contributed by atoms with Crippen LogP contribution in [0.4, 0.5) is 0 Å². The average Bonchev–Trinajstić information content (AvgIpc) is 2.89. The Bertz CT molecular complexity index is 529. The van der Waals surface area contributed by atoms with E-state index in [1.165, 1.54) is 16.8 Å². The lowest BCUT2D eigenvalue weighted by Gasteiger charge is -2.13. The summed E-state index contributed by atoms with van der Waals surface area (Å²) in [7, 11) is 0. The van der Waals surface area contributed by atoms with Gasteiger partial charge in [-0.3, -0.25) is 4.68 Å². The largest absolute Gasteiger partial charge is 0.313 e. The molecule has 0 radical (unpaired) electrons. The Balaban J connectivity index is 1.97. The van der Waals surface area contributed by atoms with Crippen LogP contribution in [0.25, 0.3) is 0 Å². The molecule has 0 unspecified atom stereocenters. The molecule has 0 aliphatic carbocycles. The Kier molecular flexibility index (Phi) is 6.00. The van der Waals surface area contributed by atoms with Gasteiger partial charge in [-0.1, -0.05) is 51.1 Å². The van der Waals surface area contributed by atoms with Crippen LogP contribution in [0.5, 0.6) is 0 Å². The van der Waals surface area contributed by atoms with Gasteiger partial charge in [-0.2, -0.15) is 5.10 Å². The summed E-state index contributed by atoms with van der Waals surface area (Å²) in [5, 5.41) is 8.00. The normalized spacial score (nSPS) is 11.2. The fourth-order valence-electron chi connectivity index (χ4n) is 2.75. The highest BCUT2D eigenvalue weighted by molar-refractivity contribution is 5.21. The third-order valence-electron chi connectivity index (χ3n) is 3.75. The molecule has 1 heterocycles. The van der Waals surface area contributed by atoms with Crippen LogP contribution in [-0.4, -0.2) is 16.3 Å². The standard InChI is InChI=1S/C18H27N3/c1-4-19-13-17-14-20-21(18(17)15(2)3)12-8-11-16-9-6-5-7-10-16/h5-7,9-10,14-15,19H,4,8,11-13H2,1-3H3. The molecule has 3 heteroatoms. The number of nitrogens with zero attached hydrogens (tertiary/aromatic N) is 2. The van der Waals surface area contributed by atoms with E-state index in [-0.39, 0.29) is 0 Å². The second-order valence-corrected chi connectivity index (χ2v) is 5.80. The molecular weight excluding hydrogens is 258 g/mol. The van der Waals surface area contributed by atoms with Gasteiger partial charge >= 0.3 is 0 Å². The van der Waals surface area contributed by atoms with Gasteiger partial charge < -0.3 is 5.32 Å². The van der Waals surface area contributed by atoms with Crippen molar-refractivity contribution in [3.63, 3.8) is 0 Å². The zero-order valence-electron chi connectivity index (χ0n) is 13.5. The van der Waals surface area contributed by atoms with E-state index in [4.69, 9.17) is 0 Å². The molecule has 114 valence electrons. The zero-order chi connectivity index (χ0) is 15.1. The number of nitrogens with one attached hydrogen (secondary N) is 1. The topological polar surface area (TPSA) is 29.9 Å². The molecule has 1 aromatic heterocycles. The van der Waals surface area contributed by atoms with Crippen LogP contribution in [0.3, 0.4) is 0 Å². The first-order valence-corrected chi connectivity index (χ1v) is 8.01. The highest BCUT2D eigenvalue weighted by Gasteiger charge is 2.13. The Hall–Kier alpha value is -1.61. The van der Waals surface area contributed by atoms with Crippen molar-refractivity contribution < 1.29 is 0 Å². The molecule has 0 aliphatic rings. The fourth-order valence-corrected chi connectivity index (χ4v) is 2.75. The number of benzene rings is 1. The number of aromatic nitrogens is 2. The number of hydrogen-bond donors (Lipinski definition) is 1. The lowest BCUT2D eigenvalue weighted by Crippen LogP contribution is -2.15. The molecule has 0 atom stereocenters. The van der Waals surface area contributed by atoms with Crippen molar-refractivity contribution in [3.05, 3.63) is 53.3 Å². The molecule has 0 aliphatic heterocycles. The smallest absolute Gasteiger partial charge is 0.0537 e. The van der Waals surface area contributed by atoms with Crippen molar-refractivity contribution >= 4 is 0 Å². The Morgan fingerprint density at radius 1 is 1.19 bits per heavy atom. The van der Waals surface area contributed by atoms with E-state index in [0.29, 0.717) is 5.92 Å². The molecule has 0 spiro atoms. The maximum Gasteiger partial charge on any atom is 0.0537 e. The summed E-state index contributed by atoms with van der Waals surface area (Å²) in [6.45, 7) is 9.55. The second-order valence-electron chi connectivity index (χ2n) is 5.80. The van der Waals surface area contributed by atoms with Crippen LogP contribution in [-0.2, 0) is 19.5 Å². The molecule has 1 N–H and O–H groups in total. The highest BCUT2D eigenvalue weighted by Crippen LogP contribution is 2.20. The van der Waals surface area contributed by atoms with Crippen LogP contribution < -0.4 is 5.32 Å². The van der Waals surface area contributed by atoms with E-state index < -0.39 is 0 Å². The minimum atomic E-state index is 0.512. The maximum atomic E-state index is 4.60. The fraction of sp³-hybridized carbons (Fsp3) is 0.500. The van der Waals surface area contributed by atoms with Crippen molar-refractivity contribution in [2.24, 2.45) is 0 Å². The molecule has 0 saturated carbocycles. The maximum absolute atomic E-state index is 4.60. The van der Waals surface area contributed by atoms with E-state index >= 15 is 0 Å². The van der Waals surface area contributed by atoms with Gasteiger partial charge in [0.1, 0.15) is 0 Å². The Morgan fingerprint density at radius 2 is 1.95 bits per heavy atom. The van der Waals surface area contributed by atoms with E-state index in [2.05, 4.69) is 66.2 Å². The van der Waals surface area contributed by atoms with Crippen LogP contribution in [0, 0.1) is 0 Å². The van der Waals surface area contributed by atoms with Gasteiger partial charge in [0.15, 0.2) is 0 Å². The van der Waals surface area contributed by atoms with E-state index in [0.717, 1.165) is 32.5 Å². The summed E-state index contributed by atoms with van der Waals surface area (Å²) in [5.41, 5.74) is 4.12. The first-order valence-electron chi connectivity index (χ1n) is 8.01. The van der Waals surface area contributed by atoms with Crippen molar-refractivity contribution in [2.45, 2.75) is 52.6 Å². The van der Waals surface area contributed by atoms with Crippen molar-refractivity contribution in [3.8, 4) is 0 Å². The van der Waals surface area contributed by atoms with E-state index in [9.17, 15) is 0 Å². The van der Waals surface area contributed by atoms with Crippen LogP contribution in [0.1, 0.15) is 49.9 Å². The third kappa shape index (κ3) is 4.43. The first kappa shape index (κ1) is 15.8. The lowest BCUT2D eigenvalue weighted by molar-refractivity contribution is 0.537. The van der Waals surface area contributed by atoms with Gasteiger partial charge in [-0.25, -0.2) is 0 Å². The Labute approximate surface area is 128 Å². The molecule has 21 heavy (non-hydrogen) atoms. The summed E-state index contributed by atoms with van der Waals surface area (Å²) in [5.74, 6) is 0.512. The van der Waals surface area contributed by atoms with Gasteiger partial charge in [0.2, 0.25) is 0 Å². The van der Waals surface area contributed by atoms with Crippen LogP contribution >= 0.6 is 0 Å². The molecule has 0 bridgehead atoms. The van der Waals surface area contributed by atoms with Gasteiger partial charge in [-0.05, 0) is 30.9 Å². The summed E-state index contributed by atoms with van der Waals surface area (Å²) in [6, 6.07) is 10.7. The predicted octanol–water partition coefficient (Wildman–Crippen LogP) is 3.75. The summed E-state index contributed by atoms with van der Waals surface area (Å²) < 4.78 is 2.19. The minimum absolute atomic E-state index is 0.512. The molecule has 0 saturated heterocycles. The molecule has 3 nitrogen and oxygen atoms in total. The average molecular weight is 285 g/mol. The second kappa shape index (κ2) is 7.99. The van der Waals surface area contributed by atoms with E-state index in [1.807, 2.05) is 6.20 Å². The summed E-state index contributed by atoms with van der Waals surface area (Å²) >= 11 is 0. The predicted molar refractivity (Wildman–Crippen MR) is 88.5 cm³/mol. The molecule has 2 rings (SSSR count). The van der Waals surface area contributed by atoms with Gasteiger partial charge in [-0.15, -0.1) is 0 Å². The molecule has 1 aromatic carbocycles. The zero-order valence-corrected chi connectivity index (χ0v) is 13.5. The van der Waals surface area contributed by atoms with Crippen LogP contribution in [0.15, 0.2) is 36.5 Å². The van der Waals surface area contributed by atoms with E-state index in [1.54, 1.807) is 0 Å². The summed E-state index contributed by atoms with van der Waals surface area (Å²) in [4.78, 5) is 0. The quantitative estimate of drug-likeness (QED) is 0.800. The van der Waals surface area contributed by atoms with Crippen molar-refractivity contribution in [1.82, 2.24) is 15.1 Å². The molecule has 2 aromatic rings. The summed E-state index contributed by atoms with van der Waals surface area (Å²) in [6.07, 6.45) is 4.27. The van der Waals surface area contributed by atoms with Gasteiger partial charge in [0.05, 0.1) is 6.20 Å². The minimum Gasteiger partial charge on any atom is -0.313 e. The number of hydrogen-bond acceptors (Lipinski definition) is 2. The highest BCUT2D eigenvalue weighted by atomic mass is 15.3. The SMILES string of the molecule is CCNCc1cnn(CCCc2ccccc2)c1C(C)C. The number of rotatable bonds is 8. The first-order chi connectivity index (χ1) is 10.2. The molecule has 0 fully saturated rings. The lowest BCUT2D eigenvalue weighted by atomic mass is 10.1.